The lowest BCUT2D eigenvalue weighted by Gasteiger charge is -2.18. The van der Waals surface area contributed by atoms with Crippen LogP contribution in [-0.2, 0) is 11.3 Å². The highest BCUT2D eigenvalue weighted by molar-refractivity contribution is 8.02. The number of aromatic nitrogens is 2. The molecule has 0 spiro atoms. The number of anilines is 1. The van der Waals surface area contributed by atoms with Gasteiger partial charge in [-0.25, -0.2) is 0 Å². The molecule has 1 atom stereocenters. The number of nitrogens with one attached hydrogen (secondary N) is 1. The SMILES string of the molecule is COc1ccc(CNc2nnc(S[C@@H](C)C(=O)N3CCCC3)s2)cc1. The van der Waals surface area contributed by atoms with Crippen LogP contribution in [0.4, 0.5) is 5.13 Å². The van der Waals surface area contributed by atoms with Gasteiger partial charge in [-0.3, -0.25) is 4.79 Å². The zero-order valence-corrected chi connectivity index (χ0v) is 16.0. The Morgan fingerprint density at radius 1 is 1.32 bits per heavy atom. The van der Waals surface area contributed by atoms with Crippen LogP contribution in [0.3, 0.4) is 0 Å². The van der Waals surface area contributed by atoms with E-state index in [0.29, 0.717) is 6.54 Å². The third-order valence-electron chi connectivity index (χ3n) is 4.05. The van der Waals surface area contributed by atoms with Crippen LogP contribution in [0.1, 0.15) is 25.3 Å². The molecular weight excluding hydrogens is 356 g/mol. The van der Waals surface area contributed by atoms with Gasteiger partial charge in [-0.1, -0.05) is 35.2 Å². The topological polar surface area (TPSA) is 67.3 Å². The first-order valence-corrected chi connectivity index (χ1v) is 10.0. The van der Waals surface area contributed by atoms with E-state index in [1.54, 1.807) is 7.11 Å². The number of likely N-dealkylation sites (tertiary alicyclic amines) is 1. The number of ether oxygens (including phenoxy) is 1. The number of benzene rings is 1. The van der Waals surface area contributed by atoms with E-state index in [0.717, 1.165) is 46.7 Å². The number of carbonyl (C=O) groups is 1. The maximum atomic E-state index is 12.4. The van der Waals surface area contributed by atoms with Crippen molar-refractivity contribution >= 4 is 34.1 Å². The van der Waals surface area contributed by atoms with Gasteiger partial charge >= 0.3 is 0 Å². The summed E-state index contributed by atoms with van der Waals surface area (Å²) in [5, 5.41) is 12.3. The van der Waals surface area contributed by atoms with Crippen molar-refractivity contribution in [1.82, 2.24) is 15.1 Å². The first-order valence-electron chi connectivity index (χ1n) is 8.31. The number of nitrogens with zero attached hydrogens (tertiary/aromatic N) is 3. The maximum Gasteiger partial charge on any atom is 0.235 e. The summed E-state index contributed by atoms with van der Waals surface area (Å²) in [6, 6.07) is 7.90. The molecule has 1 amide bonds. The number of amides is 1. The number of rotatable bonds is 7. The molecular formula is C17H22N4O2S2. The van der Waals surface area contributed by atoms with Crippen molar-refractivity contribution in [2.75, 3.05) is 25.5 Å². The number of carbonyl (C=O) groups excluding carboxylic acids is 1. The van der Waals surface area contributed by atoms with Crippen LogP contribution < -0.4 is 10.1 Å². The highest BCUT2D eigenvalue weighted by Crippen LogP contribution is 2.30. The minimum absolute atomic E-state index is 0.125. The second-order valence-corrected chi connectivity index (χ2v) is 8.43. The highest BCUT2D eigenvalue weighted by Gasteiger charge is 2.24. The summed E-state index contributed by atoms with van der Waals surface area (Å²) in [5.74, 6) is 1.04. The second kappa shape index (κ2) is 8.53. The summed E-state index contributed by atoms with van der Waals surface area (Å²) >= 11 is 2.97. The average molecular weight is 379 g/mol. The van der Waals surface area contributed by atoms with Crippen molar-refractivity contribution in [1.29, 1.82) is 0 Å². The van der Waals surface area contributed by atoms with E-state index in [1.165, 1.54) is 23.1 Å². The molecule has 0 unspecified atom stereocenters. The summed E-state index contributed by atoms with van der Waals surface area (Å²) in [7, 11) is 1.66. The summed E-state index contributed by atoms with van der Waals surface area (Å²) in [4.78, 5) is 14.3. The summed E-state index contributed by atoms with van der Waals surface area (Å²) < 4.78 is 5.97. The third-order valence-corrected chi connectivity index (χ3v) is 6.11. The zero-order chi connectivity index (χ0) is 17.6. The van der Waals surface area contributed by atoms with Crippen LogP contribution in [0.25, 0.3) is 0 Å². The molecule has 0 saturated carbocycles. The Morgan fingerprint density at radius 3 is 2.72 bits per heavy atom. The predicted molar refractivity (Wildman–Crippen MR) is 101 cm³/mol. The van der Waals surface area contributed by atoms with Crippen molar-refractivity contribution in [3.63, 3.8) is 0 Å². The van der Waals surface area contributed by atoms with Crippen LogP contribution in [-0.4, -0.2) is 46.5 Å². The quantitative estimate of drug-likeness (QED) is 0.746. The van der Waals surface area contributed by atoms with Crippen molar-refractivity contribution in [3.05, 3.63) is 29.8 Å². The number of hydrogen-bond acceptors (Lipinski definition) is 7. The molecule has 1 aromatic heterocycles. The van der Waals surface area contributed by atoms with Gasteiger partial charge in [-0.05, 0) is 37.5 Å². The molecule has 8 heteroatoms. The molecule has 2 heterocycles. The third kappa shape index (κ3) is 4.85. The Kier molecular flexibility index (Phi) is 6.14. The normalized spacial score (nSPS) is 15.2. The molecule has 1 saturated heterocycles. The van der Waals surface area contributed by atoms with E-state index >= 15 is 0 Å². The molecule has 1 fully saturated rings. The van der Waals surface area contributed by atoms with Crippen LogP contribution in [0, 0.1) is 0 Å². The van der Waals surface area contributed by atoms with Gasteiger partial charge in [0.05, 0.1) is 12.4 Å². The van der Waals surface area contributed by atoms with Crippen molar-refractivity contribution in [3.8, 4) is 5.75 Å². The van der Waals surface area contributed by atoms with E-state index in [2.05, 4.69) is 15.5 Å². The molecule has 3 rings (SSSR count). The maximum absolute atomic E-state index is 12.4. The minimum atomic E-state index is -0.125. The molecule has 134 valence electrons. The summed E-state index contributed by atoms with van der Waals surface area (Å²) in [5.41, 5.74) is 1.14. The molecule has 2 aromatic rings. The first-order chi connectivity index (χ1) is 12.2. The first kappa shape index (κ1) is 18.0. The Labute approximate surface area is 156 Å². The molecule has 0 aliphatic carbocycles. The molecule has 1 aliphatic rings. The van der Waals surface area contributed by atoms with E-state index in [1.807, 2.05) is 36.1 Å². The zero-order valence-electron chi connectivity index (χ0n) is 14.4. The Morgan fingerprint density at radius 2 is 2.04 bits per heavy atom. The van der Waals surface area contributed by atoms with Gasteiger partial charge in [0.15, 0.2) is 4.34 Å². The summed E-state index contributed by atoms with van der Waals surface area (Å²) in [6.07, 6.45) is 2.22. The van der Waals surface area contributed by atoms with E-state index in [4.69, 9.17) is 4.74 Å². The lowest BCUT2D eigenvalue weighted by molar-refractivity contribution is -0.129. The van der Waals surface area contributed by atoms with Crippen molar-refractivity contribution in [2.24, 2.45) is 0 Å². The average Bonchev–Trinajstić information content (AvgIpc) is 3.32. The lowest BCUT2D eigenvalue weighted by Crippen LogP contribution is -2.33. The predicted octanol–water partition coefficient (Wildman–Crippen LogP) is 3.26. The Bertz CT molecular complexity index is 699. The van der Waals surface area contributed by atoms with Crippen LogP contribution in [0.5, 0.6) is 5.75 Å². The van der Waals surface area contributed by atoms with Gasteiger partial charge in [0, 0.05) is 19.6 Å². The minimum Gasteiger partial charge on any atom is -0.497 e. The number of thioether (sulfide) groups is 1. The molecule has 0 radical (unpaired) electrons. The van der Waals surface area contributed by atoms with Crippen molar-refractivity contribution in [2.45, 2.75) is 35.9 Å². The van der Waals surface area contributed by atoms with Gasteiger partial charge in [0.25, 0.3) is 0 Å². The fourth-order valence-corrected chi connectivity index (χ4v) is 4.62. The fraction of sp³-hybridized carbons (Fsp3) is 0.471. The fourth-order valence-electron chi connectivity index (χ4n) is 2.65. The standard InChI is InChI=1S/C17H22N4O2S2/c1-12(15(22)21-9-3-4-10-21)24-17-20-19-16(25-17)18-11-13-5-7-14(23-2)8-6-13/h5-8,12H,3-4,9-11H2,1-2H3,(H,18,19)/t12-/m0/s1. The lowest BCUT2D eigenvalue weighted by atomic mass is 10.2. The Balaban J connectivity index is 1.50. The molecule has 0 bridgehead atoms. The van der Waals surface area contributed by atoms with Crippen LogP contribution in [0.15, 0.2) is 28.6 Å². The van der Waals surface area contributed by atoms with E-state index in [-0.39, 0.29) is 11.2 Å². The molecule has 1 N–H and O–H groups in total. The van der Waals surface area contributed by atoms with Gasteiger partial charge in [-0.2, -0.15) is 0 Å². The van der Waals surface area contributed by atoms with E-state index < -0.39 is 0 Å². The van der Waals surface area contributed by atoms with Crippen LogP contribution >= 0.6 is 23.1 Å². The second-order valence-electron chi connectivity index (χ2n) is 5.87. The van der Waals surface area contributed by atoms with Gasteiger partial charge in [0.1, 0.15) is 5.75 Å². The highest BCUT2D eigenvalue weighted by atomic mass is 32.2. The largest absolute Gasteiger partial charge is 0.497 e. The summed E-state index contributed by atoms with van der Waals surface area (Å²) in [6.45, 7) is 4.38. The molecule has 1 aromatic carbocycles. The molecule has 25 heavy (non-hydrogen) atoms. The number of hydrogen-bond donors (Lipinski definition) is 1. The van der Waals surface area contributed by atoms with Gasteiger partial charge in [0.2, 0.25) is 11.0 Å². The Hall–Kier alpha value is -1.80. The van der Waals surface area contributed by atoms with Gasteiger partial charge in [-0.15, -0.1) is 10.2 Å². The van der Waals surface area contributed by atoms with E-state index in [9.17, 15) is 4.79 Å². The van der Waals surface area contributed by atoms with Crippen molar-refractivity contribution < 1.29 is 9.53 Å². The van der Waals surface area contributed by atoms with Crippen LogP contribution in [0.2, 0.25) is 0 Å². The molecule has 6 nitrogen and oxygen atoms in total. The monoisotopic (exact) mass is 378 g/mol. The van der Waals surface area contributed by atoms with Gasteiger partial charge < -0.3 is 15.0 Å². The number of methoxy groups -OCH3 is 1. The smallest absolute Gasteiger partial charge is 0.235 e. The molecule has 1 aliphatic heterocycles.